The van der Waals surface area contributed by atoms with Crippen LogP contribution in [0.15, 0.2) is 29.2 Å². The van der Waals surface area contributed by atoms with E-state index in [4.69, 9.17) is 5.11 Å². The molecule has 0 amide bonds. The van der Waals surface area contributed by atoms with E-state index in [2.05, 4.69) is 50.1 Å². The summed E-state index contributed by atoms with van der Waals surface area (Å²) in [5.41, 5.74) is 1.39. The summed E-state index contributed by atoms with van der Waals surface area (Å²) in [6, 6.07) is 8.89. The van der Waals surface area contributed by atoms with Gasteiger partial charge < -0.3 is 10.0 Å². The first kappa shape index (κ1) is 15.5. The fourth-order valence-corrected chi connectivity index (χ4v) is 2.62. The number of benzene rings is 1. The Morgan fingerprint density at radius 2 is 1.83 bits per heavy atom. The number of aliphatic hydroxyl groups is 1. The maximum absolute atomic E-state index is 8.77. The van der Waals surface area contributed by atoms with Gasteiger partial charge in [-0.15, -0.1) is 11.8 Å². The Morgan fingerprint density at radius 3 is 2.39 bits per heavy atom. The van der Waals surface area contributed by atoms with Crippen molar-refractivity contribution in [3.8, 4) is 0 Å². The van der Waals surface area contributed by atoms with E-state index in [1.165, 1.54) is 10.5 Å². The molecule has 0 bridgehead atoms. The molecule has 0 aromatic heterocycles. The molecule has 1 rings (SSSR count). The van der Waals surface area contributed by atoms with Gasteiger partial charge in [0, 0.05) is 29.8 Å². The highest BCUT2D eigenvalue weighted by molar-refractivity contribution is 7.99. The molecule has 0 heterocycles. The van der Waals surface area contributed by atoms with Crippen LogP contribution in [-0.4, -0.2) is 42.0 Å². The summed E-state index contributed by atoms with van der Waals surface area (Å²) in [6.07, 6.45) is 1.94. The Kier molecular flexibility index (Phi) is 7.40. The van der Waals surface area contributed by atoms with Gasteiger partial charge >= 0.3 is 0 Å². The molecule has 0 fully saturated rings. The first-order valence-corrected chi connectivity index (χ1v) is 7.54. The van der Waals surface area contributed by atoms with Gasteiger partial charge in [0.1, 0.15) is 0 Å². The Hall–Kier alpha value is -0.510. The van der Waals surface area contributed by atoms with Crippen molar-refractivity contribution >= 4 is 11.8 Å². The van der Waals surface area contributed by atoms with Crippen molar-refractivity contribution in [3.63, 3.8) is 0 Å². The Balaban J connectivity index is 2.34. The molecule has 0 unspecified atom stereocenters. The molecule has 1 aromatic carbocycles. The number of hydrogen-bond acceptors (Lipinski definition) is 3. The lowest BCUT2D eigenvalue weighted by molar-refractivity contribution is 0.248. The van der Waals surface area contributed by atoms with Crippen LogP contribution in [0.4, 0.5) is 0 Å². The third-order valence-electron chi connectivity index (χ3n) is 2.78. The number of nitrogens with zero attached hydrogens (tertiary/aromatic N) is 1. The van der Waals surface area contributed by atoms with Gasteiger partial charge in [0.2, 0.25) is 0 Å². The smallest absolute Gasteiger partial charge is 0.0443 e. The molecular weight excluding hydrogens is 242 g/mol. The van der Waals surface area contributed by atoms with E-state index in [1.807, 2.05) is 11.8 Å². The molecule has 3 heteroatoms. The molecule has 18 heavy (non-hydrogen) atoms. The van der Waals surface area contributed by atoms with E-state index in [-0.39, 0.29) is 6.61 Å². The molecule has 0 spiro atoms. The first-order valence-electron chi connectivity index (χ1n) is 6.67. The molecule has 0 aliphatic carbocycles. The maximum atomic E-state index is 8.77. The van der Waals surface area contributed by atoms with Crippen molar-refractivity contribution in [2.75, 3.05) is 26.7 Å². The molecule has 0 saturated carbocycles. The van der Waals surface area contributed by atoms with Crippen molar-refractivity contribution in [1.29, 1.82) is 0 Å². The van der Waals surface area contributed by atoms with E-state index in [0.717, 1.165) is 25.9 Å². The minimum Gasteiger partial charge on any atom is -0.396 e. The molecular formula is C15H25NOS. The van der Waals surface area contributed by atoms with Gasteiger partial charge in [0.15, 0.2) is 0 Å². The van der Waals surface area contributed by atoms with Crippen LogP contribution in [0.25, 0.3) is 0 Å². The second-order valence-electron chi connectivity index (χ2n) is 4.94. The largest absolute Gasteiger partial charge is 0.396 e. The van der Waals surface area contributed by atoms with Gasteiger partial charge in [0.05, 0.1) is 0 Å². The van der Waals surface area contributed by atoms with Gasteiger partial charge in [0.25, 0.3) is 0 Å². The van der Waals surface area contributed by atoms with E-state index < -0.39 is 0 Å². The molecule has 2 nitrogen and oxygen atoms in total. The normalized spacial score (nSPS) is 11.4. The SMILES string of the molecule is CC(C)Sc1ccc(CCN(C)CCCO)cc1. The van der Waals surface area contributed by atoms with Gasteiger partial charge in [-0.05, 0) is 37.6 Å². The van der Waals surface area contributed by atoms with Crippen LogP contribution < -0.4 is 0 Å². The maximum Gasteiger partial charge on any atom is 0.0443 e. The van der Waals surface area contributed by atoms with Crippen LogP contribution in [0.2, 0.25) is 0 Å². The number of rotatable bonds is 8. The number of aliphatic hydroxyl groups excluding tert-OH is 1. The zero-order valence-electron chi connectivity index (χ0n) is 11.7. The summed E-state index contributed by atoms with van der Waals surface area (Å²) < 4.78 is 0. The summed E-state index contributed by atoms with van der Waals surface area (Å²) >= 11 is 1.90. The van der Waals surface area contributed by atoms with Crippen LogP contribution in [0.3, 0.4) is 0 Å². The molecule has 0 aliphatic rings. The fraction of sp³-hybridized carbons (Fsp3) is 0.600. The predicted octanol–water partition coefficient (Wildman–Crippen LogP) is 3.04. The van der Waals surface area contributed by atoms with Crippen LogP contribution in [-0.2, 0) is 6.42 Å². The van der Waals surface area contributed by atoms with E-state index in [1.54, 1.807) is 0 Å². The lowest BCUT2D eigenvalue weighted by Gasteiger charge is -2.15. The van der Waals surface area contributed by atoms with Gasteiger partial charge in [-0.2, -0.15) is 0 Å². The lowest BCUT2D eigenvalue weighted by atomic mass is 10.1. The number of likely N-dealkylation sites (N-methyl/N-ethyl adjacent to an activating group) is 1. The summed E-state index contributed by atoms with van der Waals surface area (Å²) in [6.45, 7) is 6.74. The average molecular weight is 267 g/mol. The van der Waals surface area contributed by atoms with Crippen molar-refractivity contribution in [2.45, 2.75) is 36.8 Å². The standard InChI is InChI=1S/C15H25NOS/c1-13(2)18-15-7-5-14(6-8-15)9-11-16(3)10-4-12-17/h5-8,13,17H,4,9-12H2,1-3H3. The molecule has 1 aromatic rings. The van der Waals surface area contributed by atoms with Crippen molar-refractivity contribution < 1.29 is 5.11 Å². The van der Waals surface area contributed by atoms with E-state index in [0.29, 0.717) is 5.25 Å². The fourth-order valence-electron chi connectivity index (χ4n) is 1.78. The predicted molar refractivity (Wildman–Crippen MR) is 80.3 cm³/mol. The average Bonchev–Trinajstić information content (AvgIpc) is 2.35. The van der Waals surface area contributed by atoms with Crippen LogP contribution >= 0.6 is 11.8 Å². The van der Waals surface area contributed by atoms with Crippen LogP contribution in [0, 0.1) is 0 Å². The summed E-state index contributed by atoms with van der Waals surface area (Å²) in [5, 5.41) is 9.41. The molecule has 0 saturated heterocycles. The highest BCUT2D eigenvalue weighted by Gasteiger charge is 2.01. The van der Waals surface area contributed by atoms with E-state index >= 15 is 0 Å². The highest BCUT2D eigenvalue weighted by atomic mass is 32.2. The monoisotopic (exact) mass is 267 g/mol. The summed E-state index contributed by atoms with van der Waals surface area (Å²) in [4.78, 5) is 3.62. The third-order valence-corrected chi connectivity index (χ3v) is 3.79. The molecule has 0 atom stereocenters. The van der Waals surface area contributed by atoms with Crippen LogP contribution in [0.1, 0.15) is 25.8 Å². The van der Waals surface area contributed by atoms with Gasteiger partial charge in [-0.1, -0.05) is 26.0 Å². The zero-order valence-corrected chi connectivity index (χ0v) is 12.5. The van der Waals surface area contributed by atoms with Gasteiger partial charge in [-0.25, -0.2) is 0 Å². The molecule has 102 valence electrons. The number of hydrogen-bond donors (Lipinski definition) is 1. The molecule has 1 N–H and O–H groups in total. The minimum absolute atomic E-state index is 0.283. The first-order chi connectivity index (χ1) is 8.61. The minimum atomic E-state index is 0.283. The zero-order chi connectivity index (χ0) is 13.4. The van der Waals surface area contributed by atoms with Crippen molar-refractivity contribution in [3.05, 3.63) is 29.8 Å². The molecule has 0 radical (unpaired) electrons. The van der Waals surface area contributed by atoms with Crippen molar-refractivity contribution in [2.24, 2.45) is 0 Å². The topological polar surface area (TPSA) is 23.5 Å². The Labute approximate surface area is 115 Å². The Bertz CT molecular complexity index is 324. The van der Waals surface area contributed by atoms with E-state index in [9.17, 15) is 0 Å². The van der Waals surface area contributed by atoms with Crippen LogP contribution in [0.5, 0.6) is 0 Å². The second kappa shape index (κ2) is 8.57. The summed E-state index contributed by atoms with van der Waals surface area (Å²) in [5.74, 6) is 0. The number of thioether (sulfide) groups is 1. The van der Waals surface area contributed by atoms with Crippen molar-refractivity contribution in [1.82, 2.24) is 4.90 Å². The highest BCUT2D eigenvalue weighted by Crippen LogP contribution is 2.22. The Morgan fingerprint density at radius 1 is 1.17 bits per heavy atom. The quantitative estimate of drug-likeness (QED) is 0.732. The lowest BCUT2D eigenvalue weighted by Crippen LogP contribution is -2.23. The second-order valence-corrected chi connectivity index (χ2v) is 6.59. The molecule has 0 aliphatic heterocycles. The summed E-state index contributed by atoms with van der Waals surface area (Å²) in [7, 11) is 2.11. The van der Waals surface area contributed by atoms with Gasteiger partial charge in [-0.3, -0.25) is 0 Å². The third kappa shape index (κ3) is 6.43.